The van der Waals surface area contributed by atoms with Crippen molar-refractivity contribution in [2.45, 2.75) is 25.2 Å². The van der Waals surface area contributed by atoms with Crippen LogP contribution in [0.2, 0.25) is 0 Å². The standard InChI is InChI=1S/C23H21F3N2O4/c24-23(25,26)15-32-18-10-8-17(9-11-18)14-27-21(29)19(13-16-5-2-1-3-6-16)28-22(30)20-7-4-12-31-20/h1-12,19H,13-15H2,(H,27,29)(H,28,30). The second kappa shape index (κ2) is 10.5. The molecule has 0 bridgehead atoms. The van der Waals surface area contributed by atoms with Crippen molar-refractivity contribution >= 4 is 11.8 Å². The minimum absolute atomic E-state index is 0.0741. The van der Waals surface area contributed by atoms with Crippen molar-refractivity contribution < 1.29 is 31.9 Å². The Morgan fingerprint density at radius 2 is 1.66 bits per heavy atom. The number of hydrogen-bond acceptors (Lipinski definition) is 4. The minimum atomic E-state index is -4.42. The van der Waals surface area contributed by atoms with Gasteiger partial charge in [-0.25, -0.2) is 0 Å². The van der Waals surface area contributed by atoms with E-state index >= 15 is 0 Å². The topological polar surface area (TPSA) is 80.6 Å². The van der Waals surface area contributed by atoms with Crippen molar-refractivity contribution in [1.29, 1.82) is 0 Å². The molecule has 0 fully saturated rings. The van der Waals surface area contributed by atoms with E-state index in [-0.39, 0.29) is 24.5 Å². The first kappa shape index (κ1) is 22.9. The second-order valence-corrected chi connectivity index (χ2v) is 6.96. The lowest BCUT2D eigenvalue weighted by atomic mass is 10.0. The molecule has 0 spiro atoms. The molecular formula is C23H21F3N2O4. The van der Waals surface area contributed by atoms with E-state index in [1.807, 2.05) is 30.3 Å². The molecule has 6 nitrogen and oxygen atoms in total. The van der Waals surface area contributed by atoms with Crippen LogP contribution in [-0.4, -0.2) is 30.6 Å². The molecule has 1 unspecified atom stereocenters. The van der Waals surface area contributed by atoms with Crippen molar-refractivity contribution in [2.75, 3.05) is 6.61 Å². The van der Waals surface area contributed by atoms with Gasteiger partial charge in [0, 0.05) is 13.0 Å². The zero-order valence-corrected chi connectivity index (χ0v) is 16.9. The van der Waals surface area contributed by atoms with Gasteiger partial charge in [-0.1, -0.05) is 42.5 Å². The molecule has 0 aliphatic heterocycles. The number of rotatable bonds is 9. The first-order valence-electron chi connectivity index (χ1n) is 9.75. The van der Waals surface area contributed by atoms with Crippen LogP contribution in [0.1, 0.15) is 21.7 Å². The SMILES string of the molecule is O=C(NC(Cc1ccccc1)C(=O)NCc1ccc(OCC(F)(F)F)cc1)c1ccco1. The van der Waals surface area contributed by atoms with E-state index < -0.39 is 30.6 Å². The van der Waals surface area contributed by atoms with E-state index in [0.29, 0.717) is 5.56 Å². The third kappa shape index (κ3) is 7.19. The van der Waals surface area contributed by atoms with Crippen LogP contribution in [0.25, 0.3) is 0 Å². The van der Waals surface area contributed by atoms with Crippen LogP contribution >= 0.6 is 0 Å². The fourth-order valence-corrected chi connectivity index (χ4v) is 2.88. The van der Waals surface area contributed by atoms with Crippen molar-refractivity contribution in [2.24, 2.45) is 0 Å². The number of halogens is 3. The van der Waals surface area contributed by atoms with E-state index in [1.54, 1.807) is 18.2 Å². The molecule has 0 aliphatic rings. The zero-order chi connectivity index (χ0) is 23.0. The maximum atomic E-state index is 12.8. The first-order chi connectivity index (χ1) is 15.3. The number of carbonyl (C=O) groups is 2. The summed E-state index contributed by atoms with van der Waals surface area (Å²) in [4.78, 5) is 25.2. The number of ether oxygens (including phenoxy) is 1. The van der Waals surface area contributed by atoms with Crippen molar-refractivity contribution in [3.63, 3.8) is 0 Å². The molecule has 3 rings (SSSR count). The van der Waals surface area contributed by atoms with Gasteiger partial charge in [0.25, 0.3) is 5.91 Å². The van der Waals surface area contributed by atoms with Gasteiger partial charge in [-0.15, -0.1) is 0 Å². The highest BCUT2D eigenvalue weighted by Crippen LogP contribution is 2.19. The molecule has 9 heteroatoms. The highest BCUT2D eigenvalue weighted by atomic mass is 19.4. The summed E-state index contributed by atoms with van der Waals surface area (Å²) in [6.45, 7) is -1.25. The van der Waals surface area contributed by atoms with Crippen molar-refractivity contribution in [1.82, 2.24) is 10.6 Å². The summed E-state index contributed by atoms with van der Waals surface area (Å²) in [6.07, 6.45) is -2.78. The Balaban J connectivity index is 1.60. The van der Waals surface area contributed by atoms with E-state index in [0.717, 1.165) is 5.56 Å². The van der Waals surface area contributed by atoms with E-state index in [9.17, 15) is 22.8 Å². The lowest BCUT2D eigenvalue weighted by molar-refractivity contribution is -0.153. The quantitative estimate of drug-likeness (QED) is 0.523. The first-order valence-corrected chi connectivity index (χ1v) is 9.75. The Kier molecular flexibility index (Phi) is 7.54. The largest absolute Gasteiger partial charge is 0.484 e. The molecule has 1 heterocycles. The number of amides is 2. The van der Waals surface area contributed by atoms with Crippen LogP contribution in [0.15, 0.2) is 77.4 Å². The van der Waals surface area contributed by atoms with Gasteiger partial charge in [0.15, 0.2) is 12.4 Å². The van der Waals surface area contributed by atoms with Gasteiger partial charge in [-0.3, -0.25) is 9.59 Å². The summed E-state index contributed by atoms with van der Waals surface area (Å²) in [5.41, 5.74) is 1.52. The second-order valence-electron chi connectivity index (χ2n) is 6.96. The third-order valence-electron chi connectivity index (χ3n) is 4.44. The van der Waals surface area contributed by atoms with Gasteiger partial charge in [-0.05, 0) is 35.4 Å². The van der Waals surface area contributed by atoms with Crippen LogP contribution in [0.4, 0.5) is 13.2 Å². The Hall–Kier alpha value is -3.75. The molecular weight excluding hydrogens is 425 g/mol. The molecule has 0 saturated carbocycles. The minimum Gasteiger partial charge on any atom is -0.484 e. The molecule has 32 heavy (non-hydrogen) atoms. The molecule has 168 valence electrons. The Morgan fingerprint density at radius 1 is 0.938 bits per heavy atom. The van der Waals surface area contributed by atoms with E-state index in [2.05, 4.69) is 15.4 Å². The molecule has 1 atom stereocenters. The summed E-state index contributed by atoms with van der Waals surface area (Å²) < 4.78 is 46.4. The van der Waals surface area contributed by atoms with Crippen molar-refractivity contribution in [3.05, 3.63) is 89.9 Å². The maximum Gasteiger partial charge on any atom is 0.422 e. The van der Waals surface area contributed by atoms with Crippen LogP contribution < -0.4 is 15.4 Å². The van der Waals surface area contributed by atoms with Gasteiger partial charge >= 0.3 is 6.18 Å². The predicted molar refractivity (Wildman–Crippen MR) is 110 cm³/mol. The average Bonchev–Trinajstić information content (AvgIpc) is 3.32. The zero-order valence-electron chi connectivity index (χ0n) is 16.9. The molecule has 1 aromatic heterocycles. The van der Waals surface area contributed by atoms with E-state index in [1.165, 1.54) is 24.5 Å². The fourth-order valence-electron chi connectivity index (χ4n) is 2.88. The number of alkyl halides is 3. The monoisotopic (exact) mass is 446 g/mol. The Labute approximate surface area is 182 Å². The number of nitrogens with one attached hydrogen (secondary N) is 2. The van der Waals surface area contributed by atoms with Crippen molar-refractivity contribution in [3.8, 4) is 5.75 Å². The molecule has 0 radical (unpaired) electrons. The van der Waals surface area contributed by atoms with Gasteiger partial charge in [0.1, 0.15) is 11.8 Å². The third-order valence-corrected chi connectivity index (χ3v) is 4.44. The number of benzene rings is 2. The Bertz CT molecular complexity index is 1000. The number of furan rings is 1. The highest BCUT2D eigenvalue weighted by Gasteiger charge is 2.28. The summed E-state index contributed by atoms with van der Waals surface area (Å²) >= 11 is 0. The summed E-state index contributed by atoms with van der Waals surface area (Å²) in [5, 5.41) is 5.41. The predicted octanol–water partition coefficient (Wildman–Crippen LogP) is 3.88. The summed E-state index contributed by atoms with van der Waals surface area (Å²) in [7, 11) is 0. The van der Waals surface area contributed by atoms with Gasteiger partial charge in [0.2, 0.25) is 5.91 Å². The molecule has 2 aromatic carbocycles. The normalized spacial score (nSPS) is 12.1. The van der Waals surface area contributed by atoms with Gasteiger partial charge in [-0.2, -0.15) is 13.2 Å². The number of carbonyl (C=O) groups excluding carboxylic acids is 2. The highest BCUT2D eigenvalue weighted by molar-refractivity contribution is 5.95. The average molecular weight is 446 g/mol. The van der Waals surface area contributed by atoms with Gasteiger partial charge in [0.05, 0.1) is 6.26 Å². The maximum absolute atomic E-state index is 12.8. The van der Waals surface area contributed by atoms with E-state index in [4.69, 9.17) is 4.42 Å². The summed E-state index contributed by atoms with van der Waals surface area (Å²) in [6, 6.07) is 17.3. The molecule has 2 N–H and O–H groups in total. The molecule has 0 aliphatic carbocycles. The lowest BCUT2D eigenvalue weighted by Crippen LogP contribution is -2.47. The number of hydrogen-bond donors (Lipinski definition) is 2. The molecule has 3 aromatic rings. The lowest BCUT2D eigenvalue weighted by Gasteiger charge is -2.18. The fraction of sp³-hybridized carbons (Fsp3) is 0.217. The Morgan fingerprint density at radius 3 is 2.28 bits per heavy atom. The van der Waals surface area contributed by atoms with Crippen LogP contribution in [-0.2, 0) is 17.8 Å². The van der Waals surface area contributed by atoms with Crippen LogP contribution in [0.3, 0.4) is 0 Å². The smallest absolute Gasteiger partial charge is 0.422 e. The van der Waals surface area contributed by atoms with Gasteiger partial charge < -0.3 is 19.8 Å². The molecule has 0 saturated heterocycles. The van der Waals surface area contributed by atoms with Crippen LogP contribution in [0.5, 0.6) is 5.75 Å². The molecule has 2 amide bonds. The summed E-state index contributed by atoms with van der Waals surface area (Å²) in [5.74, 6) is -0.765. The van der Waals surface area contributed by atoms with Crippen LogP contribution in [0, 0.1) is 0 Å².